The molecule has 0 bridgehead atoms. The zero-order valence-electron chi connectivity index (χ0n) is 20.4. The Balaban J connectivity index is 1.93. The van der Waals surface area contributed by atoms with E-state index >= 15 is 0 Å². The molecule has 5 nitrogen and oxygen atoms in total. The number of halogens is 3. The van der Waals surface area contributed by atoms with Gasteiger partial charge in [0.1, 0.15) is 17.6 Å². The highest BCUT2D eigenvalue weighted by Gasteiger charge is 2.32. The van der Waals surface area contributed by atoms with Crippen molar-refractivity contribution in [2.75, 3.05) is 6.61 Å². The van der Waals surface area contributed by atoms with E-state index in [9.17, 15) is 14.0 Å². The summed E-state index contributed by atoms with van der Waals surface area (Å²) in [5, 5.41) is 3.53. The summed E-state index contributed by atoms with van der Waals surface area (Å²) in [6.45, 7) is 5.47. The quantitative estimate of drug-likeness (QED) is 0.332. The molecular formula is C28H29BrClFN2O3. The number of nitrogens with zero attached hydrogens (tertiary/aromatic N) is 1. The Morgan fingerprint density at radius 1 is 1.03 bits per heavy atom. The summed E-state index contributed by atoms with van der Waals surface area (Å²) in [7, 11) is 0. The van der Waals surface area contributed by atoms with E-state index in [1.807, 2.05) is 51.1 Å². The number of nitrogens with one attached hydrogen (secondary N) is 1. The molecule has 3 aromatic carbocycles. The Hall–Kier alpha value is -2.90. The van der Waals surface area contributed by atoms with Crippen LogP contribution in [0.5, 0.6) is 5.75 Å². The van der Waals surface area contributed by atoms with E-state index in [1.165, 1.54) is 17.0 Å². The van der Waals surface area contributed by atoms with Crippen LogP contribution in [0.4, 0.5) is 4.39 Å². The molecule has 0 spiro atoms. The van der Waals surface area contributed by atoms with Crippen LogP contribution < -0.4 is 10.1 Å². The fourth-order valence-electron chi connectivity index (χ4n) is 3.61. The third-order valence-electron chi connectivity index (χ3n) is 5.28. The topological polar surface area (TPSA) is 58.6 Å². The Kier molecular flexibility index (Phi) is 9.51. The van der Waals surface area contributed by atoms with E-state index < -0.39 is 11.6 Å². The Bertz CT molecular complexity index is 1180. The molecule has 0 unspecified atom stereocenters. The third-order valence-corrected chi connectivity index (χ3v) is 6.14. The van der Waals surface area contributed by atoms with Crippen LogP contribution in [0.15, 0.2) is 77.3 Å². The lowest BCUT2D eigenvalue weighted by molar-refractivity contribution is -0.143. The Labute approximate surface area is 224 Å². The molecule has 3 rings (SSSR count). The smallest absolute Gasteiger partial charge is 0.261 e. The summed E-state index contributed by atoms with van der Waals surface area (Å²) in [6, 6.07) is 19.6. The van der Waals surface area contributed by atoms with Gasteiger partial charge >= 0.3 is 0 Å². The minimum absolute atomic E-state index is 0.110. The number of benzene rings is 3. The van der Waals surface area contributed by atoms with Crippen molar-refractivity contribution in [1.82, 2.24) is 10.2 Å². The largest absolute Gasteiger partial charge is 0.483 e. The molecule has 0 aliphatic carbocycles. The number of rotatable bonds is 9. The maximum atomic E-state index is 13.6. The molecule has 0 radical (unpaired) electrons. The number of amides is 2. The van der Waals surface area contributed by atoms with Gasteiger partial charge in [0.2, 0.25) is 5.91 Å². The molecule has 3 aromatic rings. The standard InChI is InChI=1S/C28H29BrClFN2O3/c1-28(2,3)32-27(35)24(15-19-7-5-4-6-8-19)33(17-20-9-12-22(31)13-10-20)26(34)18-36-25-14-11-21(30)16-23(25)29/h4-14,16,24H,15,17-18H2,1-3H3,(H,32,35)/t24-/m0/s1. The average Bonchev–Trinajstić information content (AvgIpc) is 2.81. The highest BCUT2D eigenvalue weighted by molar-refractivity contribution is 9.10. The van der Waals surface area contributed by atoms with E-state index in [4.69, 9.17) is 16.3 Å². The van der Waals surface area contributed by atoms with Crippen molar-refractivity contribution in [1.29, 1.82) is 0 Å². The lowest BCUT2D eigenvalue weighted by Gasteiger charge is -2.33. The molecule has 2 amide bonds. The SMILES string of the molecule is CC(C)(C)NC(=O)[C@H](Cc1ccccc1)N(Cc1ccc(F)cc1)C(=O)COc1ccc(Cl)cc1Br. The number of carbonyl (C=O) groups is 2. The number of hydrogen-bond acceptors (Lipinski definition) is 3. The van der Waals surface area contributed by atoms with E-state index in [0.717, 1.165) is 5.56 Å². The highest BCUT2D eigenvalue weighted by atomic mass is 79.9. The average molecular weight is 576 g/mol. The maximum Gasteiger partial charge on any atom is 0.261 e. The molecule has 0 aromatic heterocycles. The van der Waals surface area contributed by atoms with Crippen LogP contribution in [0, 0.1) is 5.82 Å². The molecular weight excluding hydrogens is 547 g/mol. The van der Waals surface area contributed by atoms with Crippen LogP contribution in [-0.2, 0) is 22.6 Å². The van der Waals surface area contributed by atoms with Gasteiger partial charge in [-0.2, -0.15) is 0 Å². The van der Waals surface area contributed by atoms with Gasteiger partial charge in [0.25, 0.3) is 5.91 Å². The van der Waals surface area contributed by atoms with Gasteiger partial charge < -0.3 is 15.0 Å². The minimum Gasteiger partial charge on any atom is -0.483 e. The predicted octanol–water partition coefficient (Wildman–Crippen LogP) is 6.18. The second-order valence-electron chi connectivity index (χ2n) is 9.46. The first kappa shape index (κ1) is 27.7. The highest BCUT2D eigenvalue weighted by Crippen LogP contribution is 2.28. The van der Waals surface area contributed by atoms with Crippen LogP contribution >= 0.6 is 27.5 Å². The molecule has 8 heteroatoms. The van der Waals surface area contributed by atoms with E-state index in [-0.39, 0.29) is 30.8 Å². The van der Waals surface area contributed by atoms with Gasteiger partial charge in [-0.1, -0.05) is 54.1 Å². The molecule has 0 saturated carbocycles. The zero-order valence-corrected chi connectivity index (χ0v) is 22.8. The van der Waals surface area contributed by atoms with E-state index in [1.54, 1.807) is 30.3 Å². The summed E-state index contributed by atoms with van der Waals surface area (Å²) >= 11 is 9.40. The molecule has 1 N–H and O–H groups in total. The van der Waals surface area contributed by atoms with Gasteiger partial charge in [0, 0.05) is 23.5 Å². The predicted molar refractivity (Wildman–Crippen MR) is 143 cm³/mol. The Morgan fingerprint density at radius 2 is 1.69 bits per heavy atom. The van der Waals surface area contributed by atoms with Crippen molar-refractivity contribution in [2.45, 2.75) is 45.3 Å². The minimum atomic E-state index is -0.818. The fraction of sp³-hybridized carbons (Fsp3) is 0.286. The molecule has 0 aliphatic rings. The van der Waals surface area contributed by atoms with Crippen molar-refractivity contribution in [3.05, 3.63) is 99.2 Å². The molecule has 0 saturated heterocycles. The normalized spacial score (nSPS) is 12.1. The molecule has 190 valence electrons. The first-order valence-electron chi connectivity index (χ1n) is 11.5. The lowest BCUT2D eigenvalue weighted by atomic mass is 10.0. The fourth-order valence-corrected chi connectivity index (χ4v) is 4.41. The Morgan fingerprint density at radius 3 is 2.31 bits per heavy atom. The second-order valence-corrected chi connectivity index (χ2v) is 10.7. The van der Waals surface area contributed by atoms with Crippen molar-refractivity contribution >= 4 is 39.3 Å². The van der Waals surface area contributed by atoms with Gasteiger partial charge in [-0.3, -0.25) is 9.59 Å². The van der Waals surface area contributed by atoms with Gasteiger partial charge in [-0.25, -0.2) is 4.39 Å². The van der Waals surface area contributed by atoms with Gasteiger partial charge in [0.15, 0.2) is 6.61 Å². The van der Waals surface area contributed by atoms with E-state index in [2.05, 4.69) is 21.2 Å². The lowest BCUT2D eigenvalue weighted by Crippen LogP contribution is -2.55. The molecule has 0 heterocycles. The third kappa shape index (κ3) is 8.35. The summed E-state index contributed by atoms with van der Waals surface area (Å²) < 4.78 is 19.9. The molecule has 0 fully saturated rings. The molecule has 1 atom stereocenters. The summed E-state index contributed by atoms with van der Waals surface area (Å²) in [6.07, 6.45) is 0.306. The number of carbonyl (C=O) groups excluding carboxylic acids is 2. The first-order valence-corrected chi connectivity index (χ1v) is 12.7. The molecule has 0 aliphatic heterocycles. The summed E-state index contributed by atoms with van der Waals surface area (Å²) in [5.41, 5.74) is 1.10. The van der Waals surface area contributed by atoms with E-state index in [0.29, 0.717) is 27.2 Å². The zero-order chi connectivity index (χ0) is 26.3. The van der Waals surface area contributed by atoms with Crippen molar-refractivity contribution in [2.24, 2.45) is 0 Å². The first-order chi connectivity index (χ1) is 17.0. The van der Waals surface area contributed by atoms with Crippen molar-refractivity contribution < 1.29 is 18.7 Å². The van der Waals surface area contributed by atoms with Gasteiger partial charge in [-0.05, 0) is 78.2 Å². The second kappa shape index (κ2) is 12.4. The van der Waals surface area contributed by atoms with Crippen LogP contribution in [0.2, 0.25) is 5.02 Å². The van der Waals surface area contributed by atoms with Crippen LogP contribution in [0.3, 0.4) is 0 Å². The van der Waals surface area contributed by atoms with Crippen LogP contribution in [0.1, 0.15) is 31.9 Å². The van der Waals surface area contributed by atoms with Crippen molar-refractivity contribution in [3.8, 4) is 5.75 Å². The molecule has 36 heavy (non-hydrogen) atoms. The maximum absolute atomic E-state index is 13.6. The number of ether oxygens (including phenoxy) is 1. The number of hydrogen-bond donors (Lipinski definition) is 1. The summed E-state index contributed by atoms with van der Waals surface area (Å²) in [5.74, 6) is -0.590. The van der Waals surface area contributed by atoms with Gasteiger partial charge in [-0.15, -0.1) is 0 Å². The summed E-state index contributed by atoms with van der Waals surface area (Å²) in [4.78, 5) is 28.6. The monoisotopic (exact) mass is 574 g/mol. The van der Waals surface area contributed by atoms with Gasteiger partial charge in [0.05, 0.1) is 4.47 Å². The van der Waals surface area contributed by atoms with Crippen LogP contribution in [0.25, 0.3) is 0 Å². The van der Waals surface area contributed by atoms with Crippen LogP contribution in [-0.4, -0.2) is 34.9 Å². The van der Waals surface area contributed by atoms with Crippen molar-refractivity contribution in [3.63, 3.8) is 0 Å².